The molecule has 0 aromatic heterocycles. The first-order chi connectivity index (χ1) is 15.5. The van der Waals surface area contributed by atoms with Crippen molar-refractivity contribution in [3.05, 3.63) is 66.2 Å². The summed E-state index contributed by atoms with van der Waals surface area (Å²) < 4.78 is 27.7. The molecule has 1 saturated heterocycles. The van der Waals surface area contributed by atoms with Crippen molar-refractivity contribution < 1.29 is 13.2 Å². The van der Waals surface area contributed by atoms with Crippen LogP contribution in [-0.2, 0) is 21.4 Å². The summed E-state index contributed by atoms with van der Waals surface area (Å²) in [5.74, 6) is -0.321. The van der Waals surface area contributed by atoms with E-state index in [4.69, 9.17) is 0 Å². The summed E-state index contributed by atoms with van der Waals surface area (Å²) in [6, 6.07) is 18.1. The molecular weight excluding hydrogens is 422 g/mol. The van der Waals surface area contributed by atoms with Crippen LogP contribution < -0.4 is 14.5 Å². The molecule has 0 unspecified atom stereocenters. The molecule has 1 N–H and O–H groups in total. The molecule has 1 fully saturated rings. The quantitative estimate of drug-likeness (QED) is 0.638. The molecular formula is C25H27N3O3S. The number of carbonyl (C=O) groups is 1. The Morgan fingerprint density at radius 2 is 1.66 bits per heavy atom. The van der Waals surface area contributed by atoms with Gasteiger partial charge in [-0.2, -0.15) is 0 Å². The third kappa shape index (κ3) is 3.50. The van der Waals surface area contributed by atoms with E-state index in [0.29, 0.717) is 17.6 Å². The van der Waals surface area contributed by atoms with Gasteiger partial charge < -0.3 is 10.2 Å². The van der Waals surface area contributed by atoms with E-state index in [0.717, 1.165) is 24.0 Å². The third-order valence-corrected chi connectivity index (χ3v) is 8.40. The highest BCUT2D eigenvalue weighted by Crippen LogP contribution is 2.43. The Morgan fingerprint density at radius 3 is 2.38 bits per heavy atom. The summed E-state index contributed by atoms with van der Waals surface area (Å²) >= 11 is 0. The summed E-state index contributed by atoms with van der Waals surface area (Å²) in [5.41, 5.74) is 2.76. The Kier molecular flexibility index (Phi) is 5.29. The lowest BCUT2D eigenvalue weighted by atomic mass is 10.1. The number of hydrogen-bond donors (Lipinski definition) is 1. The second-order valence-corrected chi connectivity index (χ2v) is 10.3. The first-order valence-electron chi connectivity index (χ1n) is 11.1. The zero-order valence-corrected chi connectivity index (χ0v) is 18.9. The fourth-order valence-electron chi connectivity index (χ4n) is 4.76. The van der Waals surface area contributed by atoms with Gasteiger partial charge in [-0.1, -0.05) is 36.4 Å². The van der Waals surface area contributed by atoms with Crippen LogP contribution in [0.1, 0.15) is 31.7 Å². The highest BCUT2D eigenvalue weighted by atomic mass is 32.2. The Hall–Kier alpha value is -3.06. The van der Waals surface area contributed by atoms with Crippen LogP contribution in [0.4, 0.5) is 11.4 Å². The van der Waals surface area contributed by atoms with E-state index in [1.807, 2.05) is 30.3 Å². The van der Waals surface area contributed by atoms with Gasteiger partial charge in [-0.15, -0.1) is 0 Å². The molecule has 0 spiro atoms. The first kappa shape index (κ1) is 20.8. The number of benzene rings is 3. The fourth-order valence-corrected chi connectivity index (χ4v) is 6.62. The van der Waals surface area contributed by atoms with Gasteiger partial charge in [0.1, 0.15) is 6.04 Å². The van der Waals surface area contributed by atoms with Crippen molar-refractivity contribution in [1.29, 1.82) is 0 Å². The van der Waals surface area contributed by atoms with Crippen molar-refractivity contribution >= 4 is 38.1 Å². The molecule has 32 heavy (non-hydrogen) atoms. The van der Waals surface area contributed by atoms with Crippen molar-refractivity contribution in [1.82, 2.24) is 5.32 Å². The van der Waals surface area contributed by atoms with E-state index >= 15 is 0 Å². The van der Waals surface area contributed by atoms with E-state index in [1.165, 1.54) is 29.3 Å². The molecule has 2 heterocycles. The Morgan fingerprint density at radius 1 is 0.969 bits per heavy atom. The van der Waals surface area contributed by atoms with Crippen molar-refractivity contribution in [2.45, 2.75) is 43.7 Å². The van der Waals surface area contributed by atoms with E-state index in [9.17, 15) is 13.2 Å². The molecule has 6 nitrogen and oxygen atoms in total. The second kappa shape index (κ2) is 8.13. The van der Waals surface area contributed by atoms with Crippen LogP contribution in [0.2, 0.25) is 0 Å². The monoisotopic (exact) mass is 449 g/mol. The Labute approximate surface area is 188 Å². The predicted octanol–water partition coefficient (Wildman–Crippen LogP) is 4.04. The van der Waals surface area contributed by atoms with Gasteiger partial charge in [0.2, 0.25) is 5.91 Å². The van der Waals surface area contributed by atoms with E-state index < -0.39 is 16.1 Å². The third-order valence-electron chi connectivity index (χ3n) is 6.47. The molecule has 5 rings (SSSR count). The molecule has 7 heteroatoms. The Bertz CT molecular complexity index is 1260. The highest BCUT2D eigenvalue weighted by Gasteiger charge is 2.40. The normalized spacial score (nSPS) is 18.0. The number of piperidine rings is 1. The predicted molar refractivity (Wildman–Crippen MR) is 127 cm³/mol. The molecule has 2 aliphatic heterocycles. The van der Waals surface area contributed by atoms with Gasteiger partial charge in [0.05, 0.1) is 10.6 Å². The average Bonchev–Trinajstić information content (AvgIpc) is 3.06. The molecule has 0 saturated carbocycles. The van der Waals surface area contributed by atoms with Gasteiger partial charge in [-0.25, -0.2) is 8.42 Å². The maximum atomic E-state index is 13.2. The number of amides is 1. The van der Waals surface area contributed by atoms with Crippen molar-refractivity contribution in [2.75, 3.05) is 22.3 Å². The van der Waals surface area contributed by atoms with Crippen LogP contribution in [-0.4, -0.2) is 33.5 Å². The maximum Gasteiger partial charge on any atom is 0.265 e. The van der Waals surface area contributed by atoms with E-state index in [2.05, 4.69) is 22.3 Å². The standard InChI is InChI=1S/C25H27N3O3S/c1-18(28-22-9-5-7-20-8-6-10-23(24(20)22)32(28,30)31)25(29)26-17-19-11-13-21(14-12-19)27-15-3-2-4-16-27/h5-14,18H,2-4,15-17H2,1H3,(H,26,29)/t18-/m1/s1. The molecule has 0 aliphatic carbocycles. The maximum absolute atomic E-state index is 13.2. The zero-order chi connectivity index (χ0) is 22.3. The van der Waals surface area contributed by atoms with Crippen LogP contribution >= 0.6 is 0 Å². The topological polar surface area (TPSA) is 69.7 Å². The van der Waals surface area contributed by atoms with Crippen LogP contribution in [0.5, 0.6) is 0 Å². The fraction of sp³-hybridized carbons (Fsp3) is 0.320. The lowest BCUT2D eigenvalue weighted by Gasteiger charge is -2.29. The minimum atomic E-state index is -3.78. The minimum absolute atomic E-state index is 0.263. The van der Waals surface area contributed by atoms with Gasteiger partial charge in [-0.3, -0.25) is 9.10 Å². The van der Waals surface area contributed by atoms with E-state index in [1.54, 1.807) is 25.1 Å². The molecule has 0 radical (unpaired) electrons. The summed E-state index contributed by atoms with van der Waals surface area (Å²) in [5, 5.41) is 4.45. The van der Waals surface area contributed by atoms with Crippen LogP contribution in [0.25, 0.3) is 10.8 Å². The number of nitrogens with one attached hydrogen (secondary N) is 1. The number of anilines is 2. The van der Waals surface area contributed by atoms with Gasteiger partial charge in [0.25, 0.3) is 10.0 Å². The lowest BCUT2D eigenvalue weighted by Crippen LogP contribution is -2.46. The smallest absolute Gasteiger partial charge is 0.265 e. The number of rotatable bonds is 5. The van der Waals surface area contributed by atoms with Gasteiger partial charge in [0.15, 0.2) is 0 Å². The van der Waals surface area contributed by atoms with Crippen molar-refractivity contribution in [3.63, 3.8) is 0 Å². The molecule has 0 bridgehead atoms. The molecule has 1 atom stereocenters. The zero-order valence-electron chi connectivity index (χ0n) is 18.1. The van der Waals surface area contributed by atoms with Crippen LogP contribution in [0.3, 0.4) is 0 Å². The summed E-state index contributed by atoms with van der Waals surface area (Å²) in [6.45, 7) is 4.17. The Balaban J connectivity index is 1.30. The molecule has 166 valence electrons. The van der Waals surface area contributed by atoms with Crippen molar-refractivity contribution in [2.24, 2.45) is 0 Å². The molecule has 3 aromatic rings. The second-order valence-electron chi connectivity index (χ2n) is 8.54. The number of hydrogen-bond acceptors (Lipinski definition) is 4. The number of sulfonamides is 1. The van der Waals surface area contributed by atoms with Crippen LogP contribution in [0.15, 0.2) is 65.6 Å². The van der Waals surface area contributed by atoms with E-state index in [-0.39, 0.29) is 10.8 Å². The van der Waals surface area contributed by atoms with Gasteiger partial charge in [0, 0.05) is 30.7 Å². The van der Waals surface area contributed by atoms with Crippen LogP contribution in [0, 0.1) is 0 Å². The average molecular weight is 450 g/mol. The number of carbonyl (C=O) groups excluding carboxylic acids is 1. The highest BCUT2D eigenvalue weighted by molar-refractivity contribution is 7.93. The lowest BCUT2D eigenvalue weighted by molar-refractivity contribution is -0.122. The summed E-state index contributed by atoms with van der Waals surface area (Å²) in [6.07, 6.45) is 3.75. The van der Waals surface area contributed by atoms with Gasteiger partial charge in [-0.05, 0) is 61.4 Å². The van der Waals surface area contributed by atoms with Gasteiger partial charge >= 0.3 is 0 Å². The molecule has 3 aromatic carbocycles. The minimum Gasteiger partial charge on any atom is -0.372 e. The molecule has 2 aliphatic rings. The molecule has 1 amide bonds. The number of nitrogens with zero attached hydrogens (tertiary/aromatic N) is 2. The SMILES string of the molecule is C[C@H](C(=O)NCc1ccc(N2CCCCC2)cc1)N1c2cccc3cccc(c23)S1(=O)=O. The summed E-state index contributed by atoms with van der Waals surface area (Å²) in [7, 11) is -3.78. The largest absolute Gasteiger partial charge is 0.372 e. The first-order valence-corrected chi connectivity index (χ1v) is 12.6. The summed E-state index contributed by atoms with van der Waals surface area (Å²) in [4.78, 5) is 15.6. The van der Waals surface area contributed by atoms with Crippen molar-refractivity contribution in [3.8, 4) is 0 Å².